The summed E-state index contributed by atoms with van der Waals surface area (Å²) in [5, 5.41) is 11.0. The summed E-state index contributed by atoms with van der Waals surface area (Å²) in [7, 11) is 1.52. The van der Waals surface area contributed by atoms with Crippen molar-refractivity contribution >= 4 is 11.8 Å². The largest absolute Gasteiger partial charge is 0.497 e. The minimum Gasteiger partial charge on any atom is -0.497 e. The lowest BCUT2D eigenvalue weighted by Crippen LogP contribution is -2.54. The number of hydrogen-bond acceptors (Lipinski definition) is 5. The number of nitrogens with one attached hydrogen (secondary N) is 2. The molecule has 0 spiro atoms. The third kappa shape index (κ3) is 3.94. The molecule has 2 atom stereocenters. The van der Waals surface area contributed by atoms with Gasteiger partial charge in [0.2, 0.25) is 0 Å². The van der Waals surface area contributed by atoms with Gasteiger partial charge in [0.25, 0.3) is 11.8 Å². The van der Waals surface area contributed by atoms with E-state index in [1.807, 2.05) is 0 Å². The van der Waals surface area contributed by atoms with Gasteiger partial charge >= 0.3 is 0 Å². The van der Waals surface area contributed by atoms with Gasteiger partial charge in [-0.15, -0.1) is 0 Å². The van der Waals surface area contributed by atoms with Gasteiger partial charge in [-0.05, 0) is 31.2 Å². The van der Waals surface area contributed by atoms with Gasteiger partial charge in [0.05, 0.1) is 7.11 Å². The van der Waals surface area contributed by atoms with Crippen LogP contribution < -0.4 is 21.3 Å². The van der Waals surface area contributed by atoms with Crippen molar-refractivity contribution in [1.82, 2.24) is 10.8 Å². The summed E-state index contributed by atoms with van der Waals surface area (Å²) in [6.07, 6.45) is 0. The van der Waals surface area contributed by atoms with E-state index < -0.39 is 23.9 Å². The molecule has 1 rings (SSSR count). The Labute approximate surface area is 110 Å². The third-order valence-corrected chi connectivity index (χ3v) is 2.56. The molecule has 0 aromatic heterocycles. The highest BCUT2D eigenvalue weighted by Crippen LogP contribution is 2.11. The van der Waals surface area contributed by atoms with Crippen LogP contribution in [0, 0.1) is 0 Å². The summed E-state index contributed by atoms with van der Waals surface area (Å²) in [6.45, 7) is 1.55. The maximum absolute atomic E-state index is 11.9. The molecule has 19 heavy (non-hydrogen) atoms. The molecule has 1 aromatic carbocycles. The number of hydroxylamine groups is 1. The van der Waals surface area contributed by atoms with Crippen LogP contribution in [-0.2, 0) is 4.79 Å². The molecule has 0 fully saturated rings. The number of methoxy groups -OCH3 is 1. The second-order valence-electron chi connectivity index (χ2n) is 4.01. The lowest BCUT2D eigenvalue weighted by molar-refractivity contribution is -0.131. The van der Waals surface area contributed by atoms with Crippen LogP contribution in [0.3, 0.4) is 0 Å². The van der Waals surface area contributed by atoms with Crippen LogP contribution in [0.1, 0.15) is 17.3 Å². The van der Waals surface area contributed by atoms with Crippen molar-refractivity contribution in [2.75, 3.05) is 7.11 Å². The second-order valence-corrected chi connectivity index (χ2v) is 4.01. The van der Waals surface area contributed by atoms with Crippen LogP contribution in [0.2, 0.25) is 0 Å². The molecular weight excluding hydrogens is 250 g/mol. The fraction of sp³-hybridized carbons (Fsp3) is 0.333. The number of carbonyl (C=O) groups excluding carboxylic acids is 2. The molecule has 2 amide bonds. The number of rotatable bonds is 5. The van der Waals surface area contributed by atoms with E-state index in [4.69, 9.17) is 15.7 Å². The minimum atomic E-state index is -1.01. The topological polar surface area (TPSA) is 114 Å². The summed E-state index contributed by atoms with van der Waals surface area (Å²) >= 11 is 0. The number of amides is 2. The Hall–Kier alpha value is -2.12. The molecule has 7 heteroatoms. The Morgan fingerprint density at radius 1 is 1.32 bits per heavy atom. The first kappa shape index (κ1) is 14.9. The quantitative estimate of drug-likeness (QED) is 0.430. The van der Waals surface area contributed by atoms with E-state index in [0.29, 0.717) is 11.3 Å². The summed E-state index contributed by atoms with van der Waals surface area (Å²) in [4.78, 5) is 23.3. The van der Waals surface area contributed by atoms with Gasteiger partial charge in [-0.25, -0.2) is 5.48 Å². The Bertz CT molecular complexity index is 445. The highest BCUT2D eigenvalue weighted by molar-refractivity contribution is 5.97. The Balaban J connectivity index is 2.78. The number of ether oxygens (including phenoxy) is 1. The summed E-state index contributed by atoms with van der Waals surface area (Å²) in [5.41, 5.74) is 7.40. The van der Waals surface area contributed by atoms with Crippen molar-refractivity contribution in [1.29, 1.82) is 0 Å². The monoisotopic (exact) mass is 267 g/mol. The van der Waals surface area contributed by atoms with Crippen LogP contribution in [0.5, 0.6) is 5.75 Å². The second kappa shape index (κ2) is 6.72. The lowest BCUT2D eigenvalue weighted by Gasteiger charge is -2.20. The Morgan fingerprint density at radius 2 is 1.89 bits per heavy atom. The highest BCUT2D eigenvalue weighted by Gasteiger charge is 2.24. The van der Waals surface area contributed by atoms with Gasteiger partial charge in [0, 0.05) is 11.6 Å². The molecule has 0 aliphatic heterocycles. The van der Waals surface area contributed by atoms with E-state index in [1.54, 1.807) is 31.2 Å². The molecule has 104 valence electrons. The van der Waals surface area contributed by atoms with Gasteiger partial charge in [-0.3, -0.25) is 14.8 Å². The van der Waals surface area contributed by atoms with Crippen LogP contribution in [0.25, 0.3) is 0 Å². The van der Waals surface area contributed by atoms with E-state index in [1.165, 1.54) is 12.6 Å². The molecule has 7 nitrogen and oxygen atoms in total. The van der Waals surface area contributed by atoms with E-state index in [9.17, 15) is 9.59 Å². The molecule has 0 heterocycles. The Morgan fingerprint density at radius 3 is 2.32 bits per heavy atom. The molecule has 0 saturated heterocycles. The van der Waals surface area contributed by atoms with Crippen LogP contribution in [0.15, 0.2) is 24.3 Å². The molecule has 0 aliphatic carbocycles. The fourth-order valence-corrected chi connectivity index (χ4v) is 1.47. The maximum atomic E-state index is 11.9. The predicted octanol–water partition coefficient (Wildman–Crippen LogP) is -0.354. The molecule has 1 aromatic rings. The molecule has 0 aliphatic rings. The predicted molar refractivity (Wildman–Crippen MR) is 67.8 cm³/mol. The van der Waals surface area contributed by atoms with E-state index in [0.717, 1.165) is 0 Å². The van der Waals surface area contributed by atoms with Gasteiger partial charge < -0.3 is 15.8 Å². The third-order valence-electron chi connectivity index (χ3n) is 2.56. The van der Waals surface area contributed by atoms with E-state index in [-0.39, 0.29) is 0 Å². The maximum Gasteiger partial charge on any atom is 0.267 e. The summed E-state index contributed by atoms with van der Waals surface area (Å²) in [6, 6.07) is 4.71. The standard InChI is InChI=1S/C12H17N3O4/c1-7(13)10(12(17)15-18)14-11(16)8-3-5-9(19-2)6-4-8/h3-7,10,18H,13H2,1-2H3,(H,14,16)(H,15,17)/t7-,10+/m1/s1. The van der Waals surface area contributed by atoms with Crippen molar-refractivity contribution in [3.05, 3.63) is 29.8 Å². The molecule has 0 unspecified atom stereocenters. The summed E-state index contributed by atoms with van der Waals surface area (Å²) in [5.74, 6) is -0.612. The fourth-order valence-electron chi connectivity index (χ4n) is 1.47. The van der Waals surface area contributed by atoms with E-state index in [2.05, 4.69) is 5.32 Å². The first-order chi connectivity index (χ1) is 8.99. The van der Waals surface area contributed by atoms with Crippen LogP contribution >= 0.6 is 0 Å². The smallest absolute Gasteiger partial charge is 0.267 e. The zero-order chi connectivity index (χ0) is 14.4. The van der Waals surface area contributed by atoms with Crippen molar-refractivity contribution in [2.45, 2.75) is 19.0 Å². The number of nitrogens with two attached hydrogens (primary N) is 1. The number of carbonyl (C=O) groups is 2. The van der Waals surface area contributed by atoms with Gasteiger partial charge in [-0.1, -0.05) is 0 Å². The molecular formula is C12H17N3O4. The van der Waals surface area contributed by atoms with Crippen LogP contribution in [-0.4, -0.2) is 36.2 Å². The van der Waals surface area contributed by atoms with Crippen molar-refractivity contribution in [3.63, 3.8) is 0 Å². The molecule has 0 saturated carbocycles. The summed E-state index contributed by atoms with van der Waals surface area (Å²) < 4.78 is 4.97. The number of benzene rings is 1. The SMILES string of the molecule is COc1ccc(C(=O)N[C@H](C(=O)NO)[C@@H](C)N)cc1. The molecule has 5 N–H and O–H groups in total. The lowest BCUT2D eigenvalue weighted by atomic mass is 10.1. The van der Waals surface area contributed by atoms with Gasteiger partial charge in [0.15, 0.2) is 0 Å². The highest BCUT2D eigenvalue weighted by atomic mass is 16.5. The molecule has 0 bridgehead atoms. The minimum absolute atomic E-state index is 0.359. The first-order valence-corrected chi connectivity index (χ1v) is 5.64. The molecule has 0 radical (unpaired) electrons. The van der Waals surface area contributed by atoms with Crippen molar-refractivity contribution < 1.29 is 19.5 Å². The van der Waals surface area contributed by atoms with Crippen molar-refractivity contribution in [2.24, 2.45) is 5.73 Å². The average Bonchev–Trinajstić information content (AvgIpc) is 2.43. The number of hydrogen-bond donors (Lipinski definition) is 4. The average molecular weight is 267 g/mol. The van der Waals surface area contributed by atoms with Crippen LogP contribution in [0.4, 0.5) is 0 Å². The van der Waals surface area contributed by atoms with Gasteiger partial charge in [0.1, 0.15) is 11.8 Å². The Kier molecular flexibility index (Phi) is 5.28. The normalized spacial score (nSPS) is 13.3. The zero-order valence-corrected chi connectivity index (χ0v) is 10.7. The van der Waals surface area contributed by atoms with Crippen molar-refractivity contribution in [3.8, 4) is 5.75 Å². The zero-order valence-electron chi connectivity index (χ0n) is 10.7. The van der Waals surface area contributed by atoms with E-state index >= 15 is 0 Å². The first-order valence-electron chi connectivity index (χ1n) is 5.64. The van der Waals surface area contributed by atoms with Gasteiger partial charge in [-0.2, -0.15) is 0 Å².